The van der Waals surface area contributed by atoms with Crippen LogP contribution in [0.15, 0.2) is 53.6 Å². The minimum absolute atomic E-state index is 0.0626. The number of fused-ring (bicyclic) bond motifs is 2. The van der Waals surface area contributed by atoms with E-state index in [1.165, 1.54) is 25.4 Å². The van der Waals surface area contributed by atoms with Crippen molar-refractivity contribution in [3.8, 4) is 17.1 Å². The van der Waals surface area contributed by atoms with Crippen molar-refractivity contribution in [3.05, 3.63) is 77.0 Å². The number of hydrogen-bond donors (Lipinski definition) is 1. The second-order valence-electron chi connectivity index (χ2n) is 9.07. The molecule has 9 nitrogen and oxygen atoms in total. The third-order valence-corrected chi connectivity index (χ3v) is 8.21. The molecule has 0 spiro atoms. The Labute approximate surface area is 231 Å². The highest BCUT2D eigenvalue weighted by Gasteiger charge is 2.35. The Morgan fingerprint density at radius 2 is 2.00 bits per heavy atom. The van der Waals surface area contributed by atoms with Crippen LogP contribution < -0.4 is 10.1 Å². The van der Waals surface area contributed by atoms with E-state index in [9.17, 15) is 30.8 Å². The van der Waals surface area contributed by atoms with Gasteiger partial charge in [0.25, 0.3) is 5.91 Å². The number of alkyl halides is 3. The number of methoxy groups -OCH3 is 1. The number of rotatable bonds is 7. The van der Waals surface area contributed by atoms with E-state index in [0.29, 0.717) is 27.9 Å². The van der Waals surface area contributed by atoms with Gasteiger partial charge in [0, 0.05) is 22.7 Å². The van der Waals surface area contributed by atoms with E-state index >= 15 is 0 Å². The number of carbonyl (C=O) groups is 1. The van der Waals surface area contributed by atoms with Gasteiger partial charge in [0.15, 0.2) is 6.17 Å². The average molecular weight is 591 g/mol. The predicted molar refractivity (Wildman–Crippen MR) is 138 cm³/mol. The molecule has 14 heteroatoms. The zero-order valence-electron chi connectivity index (χ0n) is 21.4. The third-order valence-electron chi connectivity index (χ3n) is 6.42. The summed E-state index contributed by atoms with van der Waals surface area (Å²) < 4.78 is 90.4. The van der Waals surface area contributed by atoms with E-state index in [0.717, 1.165) is 12.1 Å². The first-order chi connectivity index (χ1) is 19.6. The second kappa shape index (κ2) is 11.4. The Kier molecular flexibility index (Phi) is 7.87. The van der Waals surface area contributed by atoms with Crippen molar-refractivity contribution in [3.63, 3.8) is 0 Å². The molecule has 5 rings (SSSR count). The zero-order chi connectivity index (χ0) is 29.3. The van der Waals surface area contributed by atoms with Crippen molar-refractivity contribution in [2.45, 2.75) is 29.7 Å². The van der Waals surface area contributed by atoms with Gasteiger partial charge in [-0.15, -0.1) is 0 Å². The highest BCUT2D eigenvalue weighted by atomic mass is 32.2. The number of halogens is 4. The fourth-order valence-corrected chi connectivity index (χ4v) is 5.60. The van der Waals surface area contributed by atoms with Crippen LogP contribution >= 0.6 is 0 Å². The van der Waals surface area contributed by atoms with E-state index in [4.69, 9.17) is 9.47 Å². The fourth-order valence-electron chi connectivity index (χ4n) is 4.25. The first-order valence-corrected chi connectivity index (χ1v) is 13.7. The van der Waals surface area contributed by atoms with Gasteiger partial charge in [0.05, 0.1) is 59.9 Å². The molecule has 3 aromatic heterocycles. The highest BCUT2D eigenvalue weighted by molar-refractivity contribution is 7.92. The molecule has 0 bridgehead atoms. The molecule has 1 aliphatic heterocycles. The van der Waals surface area contributed by atoms with Crippen LogP contribution in [0.4, 0.5) is 17.6 Å². The van der Waals surface area contributed by atoms with Crippen molar-refractivity contribution in [1.82, 2.24) is 20.3 Å². The quantitative estimate of drug-likeness (QED) is 0.316. The molecule has 214 valence electrons. The van der Waals surface area contributed by atoms with Crippen LogP contribution in [0.5, 0.6) is 5.88 Å². The average Bonchev–Trinajstić information content (AvgIpc) is 3.09. The number of carbonyl (C=O) groups excluding carboxylic acids is 1. The van der Waals surface area contributed by atoms with Gasteiger partial charge in [-0.1, -0.05) is 0 Å². The molecular formula is C27H22F4N4O5S. The Morgan fingerprint density at radius 1 is 1.20 bits per heavy atom. The van der Waals surface area contributed by atoms with Crippen LogP contribution in [0.25, 0.3) is 22.2 Å². The molecule has 4 aromatic rings. The normalized spacial score (nSPS) is 17.0. The maximum absolute atomic E-state index is 14.7. The van der Waals surface area contributed by atoms with Crippen molar-refractivity contribution in [2.75, 3.05) is 20.4 Å². The molecule has 0 saturated heterocycles. The van der Waals surface area contributed by atoms with E-state index < -0.39 is 58.0 Å². The summed E-state index contributed by atoms with van der Waals surface area (Å²) in [6, 6.07) is 9.67. The summed E-state index contributed by atoms with van der Waals surface area (Å²) >= 11 is 0. The number of amides is 1. The second-order valence-corrected chi connectivity index (χ2v) is 11.1. The number of hydrogen-bond acceptors (Lipinski definition) is 8. The van der Waals surface area contributed by atoms with Gasteiger partial charge in [-0.2, -0.15) is 0 Å². The largest absolute Gasteiger partial charge is 0.480 e. The molecule has 0 saturated carbocycles. The van der Waals surface area contributed by atoms with Crippen molar-refractivity contribution >= 4 is 26.6 Å². The summed E-state index contributed by atoms with van der Waals surface area (Å²) in [5.41, 5.74) is -1.42. The monoisotopic (exact) mass is 590 g/mol. The Hall–Kier alpha value is -4.17. The molecule has 1 N–H and O–H groups in total. The first-order valence-electron chi connectivity index (χ1n) is 12.2. The number of sulfone groups is 1. The molecule has 0 aliphatic carbocycles. The maximum Gasteiger partial charge on any atom is 0.251 e. The molecular weight excluding hydrogens is 568 g/mol. The summed E-state index contributed by atoms with van der Waals surface area (Å²) in [7, 11) is -3.20. The fraction of sp³-hybridized carbons (Fsp3) is 0.259. The molecule has 2 atom stereocenters. The number of benzene rings is 1. The molecule has 1 aromatic carbocycles. The van der Waals surface area contributed by atoms with Crippen molar-refractivity contribution in [1.29, 1.82) is 0 Å². The predicted octanol–water partition coefficient (Wildman–Crippen LogP) is 4.35. The standard InChI is InChI=1S/C27H22F4N4O5S/c1-39-27-17(3-5-22(35-27)20(30)9-28)21-4-2-14-10-32-16(8-23(14)34-21)11-33-26(36)15-6-19(29)18-12-40-13-25(31)41(37,38)24(18)7-15/h2-8,10,20,25H,9,11-13H2,1H3,(H,33,36)/t20-,25-/m1/s1. The van der Waals surface area contributed by atoms with E-state index in [-0.39, 0.29) is 29.2 Å². The minimum Gasteiger partial charge on any atom is -0.480 e. The van der Waals surface area contributed by atoms with Gasteiger partial charge >= 0.3 is 0 Å². The number of nitrogens with zero attached hydrogens (tertiary/aromatic N) is 3. The highest BCUT2D eigenvalue weighted by Crippen LogP contribution is 2.31. The van der Waals surface area contributed by atoms with Gasteiger partial charge in [-0.05, 0) is 42.5 Å². The molecule has 0 unspecified atom stereocenters. The van der Waals surface area contributed by atoms with Crippen molar-refractivity contribution in [2.24, 2.45) is 0 Å². The molecule has 41 heavy (non-hydrogen) atoms. The third kappa shape index (κ3) is 5.57. The SMILES string of the molecule is COc1nc([C@H](F)CF)ccc1-c1ccc2cnc(CNC(=O)c3cc(F)c4c(c3)S(=O)(=O)[C@@H](F)COC4)cc2n1. The topological polar surface area (TPSA) is 120 Å². The summed E-state index contributed by atoms with van der Waals surface area (Å²) in [5.74, 6) is -1.75. The van der Waals surface area contributed by atoms with Gasteiger partial charge in [0.1, 0.15) is 12.5 Å². The summed E-state index contributed by atoms with van der Waals surface area (Å²) in [5, 5.41) is 3.20. The lowest BCUT2D eigenvalue weighted by molar-refractivity contribution is 0.0938. The van der Waals surface area contributed by atoms with Gasteiger partial charge in [-0.25, -0.2) is 35.9 Å². The lowest BCUT2D eigenvalue weighted by Gasteiger charge is -2.12. The molecule has 0 fully saturated rings. The van der Waals surface area contributed by atoms with E-state index in [1.807, 2.05) is 0 Å². The van der Waals surface area contributed by atoms with Crippen LogP contribution in [0, 0.1) is 5.82 Å². The first kappa shape index (κ1) is 28.4. The Morgan fingerprint density at radius 3 is 2.76 bits per heavy atom. The Balaban J connectivity index is 1.38. The number of nitrogens with one attached hydrogen (secondary N) is 1. The molecule has 4 heterocycles. The number of pyridine rings is 3. The summed E-state index contributed by atoms with van der Waals surface area (Å²) in [4.78, 5) is 25.1. The summed E-state index contributed by atoms with van der Waals surface area (Å²) in [6.07, 6.45) is -0.357. The van der Waals surface area contributed by atoms with Crippen molar-refractivity contribution < 1.29 is 40.2 Å². The zero-order valence-corrected chi connectivity index (χ0v) is 22.2. The van der Waals surface area contributed by atoms with Crippen LogP contribution in [0.2, 0.25) is 0 Å². The summed E-state index contributed by atoms with van der Waals surface area (Å²) in [6.45, 7) is -2.53. The van der Waals surface area contributed by atoms with Crippen LogP contribution in [-0.2, 0) is 27.7 Å². The molecule has 1 aliphatic rings. The molecule has 0 radical (unpaired) electrons. The smallest absolute Gasteiger partial charge is 0.251 e. The van der Waals surface area contributed by atoms with Crippen LogP contribution in [0.3, 0.4) is 0 Å². The van der Waals surface area contributed by atoms with Gasteiger partial charge in [-0.3, -0.25) is 9.78 Å². The van der Waals surface area contributed by atoms with E-state index in [1.54, 1.807) is 18.2 Å². The van der Waals surface area contributed by atoms with E-state index in [2.05, 4.69) is 20.3 Å². The number of ether oxygens (including phenoxy) is 2. The van der Waals surface area contributed by atoms with Gasteiger partial charge in [0.2, 0.25) is 21.2 Å². The number of aromatic nitrogens is 3. The minimum atomic E-state index is -4.55. The van der Waals surface area contributed by atoms with Gasteiger partial charge < -0.3 is 14.8 Å². The van der Waals surface area contributed by atoms with Crippen LogP contribution in [0.1, 0.15) is 33.5 Å². The maximum atomic E-state index is 14.7. The Bertz CT molecular complexity index is 1760. The lowest BCUT2D eigenvalue weighted by atomic mass is 10.1. The van der Waals surface area contributed by atoms with Crippen LogP contribution in [-0.4, -0.2) is 55.2 Å². The molecule has 1 amide bonds. The lowest BCUT2D eigenvalue weighted by Crippen LogP contribution is -2.25.